The summed E-state index contributed by atoms with van der Waals surface area (Å²) in [5.74, 6) is 1.06. The zero-order valence-electron chi connectivity index (χ0n) is 13.9. The second-order valence-electron chi connectivity index (χ2n) is 6.19. The molecule has 0 spiro atoms. The number of hydrogen-bond donors (Lipinski definition) is 0. The van der Waals surface area contributed by atoms with E-state index in [1.54, 1.807) is 24.9 Å². The molecule has 4 heterocycles. The fraction of sp³-hybridized carbons (Fsp3) is 0.389. The largest absolute Gasteiger partial charge is 0.472 e. The topological polar surface area (TPSA) is 77.4 Å². The number of likely N-dealkylation sites (tertiary alicyclic amines) is 1. The number of furan rings is 1. The van der Waals surface area contributed by atoms with Crippen molar-refractivity contribution < 1.29 is 13.7 Å². The monoisotopic (exact) mass is 340 g/mol. The maximum absolute atomic E-state index is 5.99. The molecule has 1 unspecified atom stereocenters. The highest BCUT2D eigenvalue weighted by molar-refractivity contribution is 5.52. The molecular weight excluding hydrogens is 320 g/mol. The number of piperidine rings is 1. The third-order valence-electron chi connectivity index (χ3n) is 4.30. The molecule has 0 radical (unpaired) electrons. The third-order valence-corrected chi connectivity index (χ3v) is 4.30. The SMILES string of the molecule is c1cc(-c2noc(COC3CCCN(Cc4ccoc4)C3)n2)ccn1. The molecule has 0 N–H and O–H groups in total. The highest BCUT2D eigenvalue weighted by Gasteiger charge is 2.21. The summed E-state index contributed by atoms with van der Waals surface area (Å²) < 4.78 is 16.4. The molecule has 0 aliphatic carbocycles. The lowest BCUT2D eigenvalue weighted by Gasteiger charge is -2.32. The van der Waals surface area contributed by atoms with Gasteiger partial charge in [-0.15, -0.1) is 0 Å². The third kappa shape index (κ3) is 4.12. The van der Waals surface area contributed by atoms with Gasteiger partial charge < -0.3 is 13.7 Å². The molecule has 7 nitrogen and oxygen atoms in total. The van der Waals surface area contributed by atoms with E-state index in [0.29, 0.717) is 18.3 Å². The predicted octanol–water partition coefficient (Wildman–Crippen LogP) is 2.91. The maximum atomic E-state index is 5.99. The fourth-order valence-electron chi connectivity index (χ4n) is 3.05. The Morgan fingerprint density at radius 2 is 2.16 bits per heavy atom. The van der Waals surface area contributed by atoms with Crippen LogP contribution in [0.4, 0.5) is 0 Å². The molecule has 3 aromatic heterocycles. The average Bonchev–Trinajstić information content (AvgIpc) is 3.33. The van der Waals surface area contributed by atoms with Gasteiger partial charge in [0.25, 0.3) is 5.89 Å². The molecule has 0 amide bonds. The molecular formula is C18H20N4O3. The highest BCUT2D eigenvalue weighted by Crippen LogP contribution is 2.19. The van der Waals surface area contributed by atoms with E-state index >= 15 is 0 Å². The van der Waals surface area contributed by atoms with Crippen molar-refractivity contribution in [3.63, 3.8) is 0 Å². The first kappa shape index (κ1) is 16.0. The van der Waals surface area contributed by atoms with Crippen molar-refractivity contribution in [3.8, 4) is 11.4 Å². The van der Waals surface area contributed by atoms with Crippen molar-refractivity contribution in [1.82, 2.24) is 20.0 Å². The summed E-state index contributed by atoms with van der Waals surface area (Å²) in [7, 11) is 0. The Bertz CT molecular complexity index is 773. The van der Waals surface area contributed by atoms with E-state index in [0.717, 1.165) is 38.0 Å². The summed E-state index contributed by atoms with van der Waals surface area (Å²) in [5.41, 5.74) is 2.08. The molecule has 7 heteroatoms. The number of nitrogens with zero attached hydrogens (tertiary/aromatic N) is 4. The highest BCUT2D eigenvalue weighted by atomic mass is 16.5. The van der Waals surface area contributed by atoms with Crippen LogP contribution < -0.4 is 0 Å². The lowest BCUT2D eigenvalue weighted by Crippen LogP contribution is -2.39. The summed E-state index contributed by atoms with van der Waals surface area (Å²) in [5, 5.41) is 4.00. The van der Waals surface area contributed by atoms with Crippen LogP contribution in [0, 0.1) is 0 Å². The van der Waals surface area contributed by atoms with Crippen LogP contribution in [0.3, 0.4) is 0 Å². The number of aromatic nitrogens is 3. The lowest BCUT2D eigenvalue weighted by atomic mass is 10.1. The molecule has 130 valence electrons. The molecule has 3 aromatic rings. The number of ether oxygens (including phenoxy) is 1. The van der Waals surface area contributed by atoms with E-state index in [9.17, 15) is 0 Å². The van der Waals surface area contributed by atoms with Crippen molar-refractivity contribution in [1.29, 1.82) is 0 Å². The molecule has 0 saturated carbocycles. The van der Waals surface area contributed by atoms with Crippen LogP contribution >= 0.6 is 0 Å². The summed E-state index contributed by atoms with van der Waals surface area (Å²) in [4.78, 5) is 10.8. The maximum Gasteiger partial charge on any atom is 0.252 e. The Kier molecular flexibility index (Phi) is 4.85. The Hall–Kier alpha value is -2.51. The van der Waals surface area contributed by atoms with Crippen molar-refractivity contribution >= 4 is 0 Å². The summed E-state index contributed by atoms with van der Waals surface area (Å²) >= 11 is 0. The minimum Gasteiger partial charge on any atom is -0.472 e. The van der Waals surface area contributed by atoms with Gasteiger partial charge in [-0.2, -0.15) is 4.98 Å². The van der Waals surface area contributed by atoms with Gasteiger partial charge >= 0.3 is 0 Å². The van der Waals surface area contributed by atoms with Crippen LogP contribution in [0.25, 0.3) is 11.4 Å². The van der Waals surface area contributed by atoms with E-state index in [2.05, 4.69) is 20.0 Å². The van der Waals surface area contributed by atoms with Crippen LogP contribution in [0.15, 0.2) is 52.1 Å². The molecule has 1 saturated heterocycles. The van der Waals surface area contributed by atoms with Gasteiger partial charge in [0, 0.05) is 36.6 Å². The zero-order chi connectivity index (χ0) is 16.9. The van der Waals surface area contributed by atoms with Gasteiger partial charge in [0.05, 0.1) is 18.6 Å². The van der Waals surface area contributed by atoms with Gasteiger partial charge in [0.2, 0.25) is 5.82 Å². The standard InChI is InChI=1S/C18H20N4O3/c1-2-16(11-22(8-1)10-14-5-9-23-12-14)24-13-17-20-18(21-25-17)15-3-6-19-7-4-15/h3-7,9,12,16H,1-2,8,10-11,13H2. The molecule has 4 rings (SSSR count). The zero-order valence-corrected chi connectivity index (χ0v) is 13.9. The molecule has 1 aliphatic heterocycles. The van der Waals surface area contributed by atoms with E-state index in [1.807, 2.05) is 18.2 Å². The molecule has 0 bridgehead atoms. The fourth-order valence-corrected chi connectivity index (χ4v) is 3.05. The van der Waals surface area contributed by atoms with E-state index in [4.69, 9.17) is 13.7 Å². The molecule has 1 aliphatic rings. The Labute approximate surface area is 145 Å². The second-order valence-corrected chi connectivity index (χ2v) is 6.19. The van der Waals surface area contributed by atoms with E-state index in [1.165, 1.54) is 5.56 Å². The van der Waals surface area contributed by atoms with Crippen LogP contribution in [0.2, 0.25) is 0 Å². The first-order valence-electron chi connectivity index (χ1n) is 8.45. The van der Waals surface area contributed by atoms with Gasteiger partial charge in [0.1, 0.15) is 6.61 Å². The van der Waals surface area contributed by atoms with E-state index < -0.39 is 0 Å². The molecule has 1 fully saturated rings. The first-order valence-corrected chi connectivity index (χ1v) is 8.45. The Morgan fingerprint density at radius 1 is 1.24 bits per heavy atom. The minimum atomic E-state index is 0.178. The summed E-state index contributed by atoms with van der Waals surface area (Å²) in [6.45, 7) is 3.21. The van der Waals surface area contributed by atoms with Gasteiger partial charge in [0.15, 0.2) is 0 Å². The van der Waals surface area contributed by atoms with Crippen molar-refractivity contribution in [3.05, 3.63) is 54.6 Å². The lowest BCUT2D eigenvalue weighted by molar-refractivity contribution is -0.0211. The summed E-state index contributed by atoms with van der Waals surface area (Å²) in [6, 6.07) is 5.71. The van der Waals surface area contributed by atoms with E-state index in [-0.39, 0.29) is 6.10 Å². The summed E-state index contributed by atoms with van der Waals surface area (Å²) in [6.07, 6.45) is 9.27. The van der Waals surface area contributed by atoms with Crippen molar-refractivity contribution in [2.45, 2.75) is 32.1 Å². The van der Waals surface area contributed by atoms with Crippen molar-refractivity contribution in [2.75, 3.05) is 13.1 Å². The number of hydrogen-bond acceptors (Lipinski definition) is 7. The molecule has 25 heavy (non-hydrogen) atoms. The van der Waals surface area contributed by atoms with Gasteiger partial charge in [-0.05, 0) is 37.6 Å². The van der Waals surface area contributed by atoms with Gasteiger partial charge in [-0.25, -0.2) is 0 Å². The van der Waals surface area contributed by atoms with Gasteiger partial charge in [-0.1, -0.05) is 5.16 Å². The number of pyridine rings is 1. The normalized spacial score (nSPS) is 18.5. The van der Waals surface area contributed by atoms with Crippen LogP contribution in [-0.2, 0) is 17.9 Å². The molecule has 1 atom stereocenters. The Morgan fingerprint density at radius 3 is 3.00 bits per heavy atom. The van der Waals surface area contributed by atoms with Crippen molar-refractivity contribution in [2.24, 2.45) is 0 Å². The van der Waals surface area contributed by atoms with Gasteiger partial charge in [-0.3, -0.25) is 9.88 Å². The average molecular weight is 340 g/mol. The second kappa shape index (κ2) is 7.58. The van der Waals surface area contributed by atoms with Crippen LogP contribution in [0.5, 0.6) is 0 Å². The van der Waals surface area contributed by atoms with Crippen LogP contribution in [-0.4, -0.2) is 39.2 Å². The number of rotatable bonds is 6. The predicted molar refractivity (Wildman–Crippen MR) is 89.3 cm³/mol. The van der Waals surface area contributed by atoms with Crippen LogP contribution in [0.1, 0.15) is 24.3 Å². The first-order chi connectivity index (χ1) is 12.4. The quantitative estimate of drug-likeness (QED) is 0.683. The minimum absolute atomic E-state index is 0.178. The smallest absolute Gasteiger partial charge is 0.252 e. The Balaban J connectivity index is 1.30. The molecule has 0 aromatic carbocycles.